The average Bonchev–Trinajstić information content (AvgIpc) is 3.51. The van der Waals surface area contributed by atoms with Gasteiger partial charge in [0.15, 0.2) is 11.7 Å². The van der Waals surface area contributed by atoms with Crippen molar-refractivity contribution in [2.45, 2.75) is 70.6 Å². The van der Waals surface area contributed by atoms with Crippen LogP contribution in [-0.2, 0) is 30.4 Å². The molecule has 1 aliphatic heterocycles. The predicted octanol–water partition coefficient (Wildman–Crippen LogP) is 2.01. The summed E-state index contributed by atoms with van der Waals surface area (Å²) in [7, 11) is -2.56. The molecule has 2 aromatic heterocycles. The van der Waals surface area contributed by atoms with Crippen LogP contribution >= 0.6 is 7.75 Å². The lowest BCUT2D eigenvalue weighted by Crippen LogP contribution is -2.47. The van der Waals surface area contributed by atoms with Crippen molar-refractivity contribution in [3.05, 3.63) is 43.0 Å². The highest BCUT2D eigenvalue weighted by Gasteiger charge is 2.47. The maximum absolute atomic E-state index is 14.0. The first kappa shape index (κ1) is 31.8. The number of aromatic nitrogens is 4. The fourth-order valence-corrected chi connectivity index (χ4v) is 6.16. The van der Waals surface area contributed by atoms with Crippen molar-refractivity contribution in [3.63, 3.8) is 0 Å². The molecule has 0 aliphatic carbocycles. The Morgan fingerprint density at radius 1 is 1.21 bits per heavy atom. The Balaban J connectivity index is 1.51. The highest BCUT2D eigenvalue weighted by molar-refractivity contribution is 7.52. The van der Waals surface area contributed by atoms with E-state index in [2.05, 4.69) is 15.1 Å². The highest BCUT2D eigenvalue weighted by Crippen LogP contribution is 2.47. The molecule has 3 aromatic rings. The number of nitrogens with two attached hydrogens (primary N) is 1. The number of hydrogen-bond acceptors (Lipinski definition) is 11. The van der Waals surface area contributed by atoms with E-state index in [-0.39, 0.29) is 18.3 Å². The summed E-state index contributed by atoms with van der Waals surface area (Å²) in [5.74, 6) is 0.158. The highest BCUT2D eigenvalue weighted by atomic mass is 31.2. The molecule has 1 aromatic carbocycles. The summed E-state index contributed by atoms with van der Waals surface area (Å²) < 4.78 is 40.0. The minimum atomic E-state index is -4.28. The van der Waals surface area contributed by atoms with Gasteiger partial charge < -0.3 is 29.9 Å². The smallest absolute Gasteiger partial charge is 0.459 e. The van der Waals surface area contributed by atoms with Crippen LogP contribution in [0.3, 0.4) is 0 Å². The Kier molecular flexibility index (Phi) is 9.86. The molecular formula is C27H40N6O8P+. The van der Waals surface area contributed by atoms with Gasteiger partial charge in [-0.25, -0.2) is 14.1 Å². The molecule has 14 nitrogen and oxygen atoms in total. The number of imidazole rings is 1. The van der Waals surface area contributed by atoms with E-state index in [1.807, 2.05) is 13.8 Å². The summed E-state index contributed by atoms with van der Waals surface area (Å²) in [5, 5.41) is 24.3. The third-order valence-corrected chi connectivity index (χ3v) is 9.04. The molecule has 5 N–H and O–H groups in total. The predicted molar refractivity (Wildman–Crippen MR) is 152 cm³/mol. The molecule has 2 unspecified atom stereocenters. The number of carbonyl (C=O) groups excluding carboxylic acids is 1. The molecule has 1 aliphatic rings. The standard InChI is InChI=1S/C27H39N6O8P/c1-6-17(7-2)13-38-26(36)27(3,4)31-42(37,41-18-11-9-8-10-12-18)39-14-19-21(34)22(35)25(40-19)33-16-29-20-23(28)32(5)15-30-24(20)33/h8-12,15-17,19,21-22,25,28,34-35H,6-7,13-14H2,1-5H3,(H,31,37)/p+1/t19-,21+,22?,25-,42?/m1/s1. The van der Waals surface area contributed by atoms with Gasteiger partial charge >= 0.3 is 13.7 Å². The number of rotatable bonds is 13. The largest absolute Gasteiger partial charge is 0.464 e. The second-order valence-electron chi connectivity index (χ2n) is 10.8. The van der Waals surface area contributed by atoms with Gasteiger partial charge in [-0.2, -0.15) is 5.09 Å². The number of hydrogen-bond donors (Lipinski definition) is 4. The quantitative estimate of drug-likeness (QED) is 0.126. The summed E-state index contributed by atoms with van der Waals surface area (Å²) >= 11 is 0. The van der Waals surface area contributed by atoms with Gasteiger partial charge in [0.2, 0.25) is 12.0 Å². The molecule has 3 heterocycles. The molecule has 0 radical (unpaired) electrons. The van der Waals surface area contributed by atoms with Gasteiger partial charge in [0.25, 0.3) is 5.82 Å². The van der Waals surface area contributed by atoms with Crippen molar-refractivity contribution in [1.29, 1.82) is 0 Å². The number of aryl methyl sites for hydroxylation is 1. The Hall–Kier alpha value is -3.13. The van der Waals surface area contributed by atoms with Gasteiger partial charge in [-0.15, -0.1) is 0 Å². The third kappa shape index (κ3) is 6.91. The van der Waals surface area contributed by atoms with Crippen molar-refractivity contribution in [2.75, 3.05) is 18.9 Å². The molecule has 4 rings (SSSR count). The summed E-state index contributed by atoms with van der Waals surface area (Å²) in [6.45, 7) is 6.83. The van der Waals surface area contributed by atoms with Crippen LogP contribution in [0.1, 0.15) is 46.8 Å². The minimum absolute atomic E-state index is 0.204. The third-order valence-electron chi connectivity index (χ3n) is 7.26. The van der Waals surface area contributed by atoms with Crippen molar-refractivity contribution in [2.24, 2.45) is 13.0 Å². The number of carbonyl (C=O) groups is 1. The van der Waals surface area contributed by atoms with Crippen LogP contribution in [-0.4, -0.2) is 67.8 Å². The van der Waals surface area contributed by atoms with Crippen LogP contribution in [0.15, 0.2) is 43.0 Å². The van der Waals surface area contributed by atoms with E-state index in [1.165, 1.54) is 31.1 Å². The van der Waals surface area contributed by atoms with E-state index in [4.69, 9.17) is 24.3 Å². The van der Waals surface area contributed by atoms with E-state index in [9.17, 15) is 19.6 Å². The Morgan fingerprint density at radius 2 is 1.90 bits per heavy atom. The first-order chi connectivity index (χ1) is 19.9. The zero-order valence-electron chi connectivity index (χ0n) is 24.4. The zero-order chi connectivity index (χ0) is 30.7. The molecule has 1 saturated heterocycles. The summed E-state index contributed by atoms with van der Waals surface area (Å²) in [4.78, 5) is 21.6. The lowest BCUT2D eigenvalue weighted by Gasteiger charge is -2.30. The van der Waals surface area contributed by atoms with Gasteiger partial charge in [-0.05, 0) is 31.9 Å². The second-order valence-corrected chi connectivity index (χ2v) is 12.5. The average molecular weight is 608 g/mol. The zero-order valence-corrected chi connectivity index (χ0v) is 25.3. The van der Waals surface area contributed by atoms with Crippen LogP contribution in [0.5, 0.6) is 5.75 Å². The molecule has 0 amide bonds. The summed E-state index contributed by atoms with van der Waals surface area (Å²) in [6, 6.07) is 8.31. The first-order valence-corrected chi connectivity index (χ1v) is 15.4. The van der Waals surface area contributed by atoms with Crippen molar-refractivity contribution < 1.29 is 42.7 Å². The Bertz CT molecular complexity index is 1420. The van der Waals surface area contributed by atoms with Crippen LogP contribution in [0.2, 0.25) is 0 Å². The number of nitrogens with zero attached hydrogens (tertiary/aromatic N) is 4. The molecule has 42 heavy (non-hydrogen) atoms. The number of aliphatic hydroxyl groups excluding tert-OH is 2. The molecule has 5 atom stereocenters. The molecule has 1 fully saturated rings. The molecule has 0 bridgehead atoms. The fraction of sp³-hybridized carbons (Fsp3) is 0.556. The van der Waals surface area contributed by atoms with E-state index >= 15 is 0 Å². The number of fused-ring (bicyclic) bond motifs is 1. The summed E-state index contributed by atoms with van der Waals surface area (Å²) in [5.41, 5.74) is 5.36. The minimum Gasteiger partial charge on any atom is -0.464 e. The lowest BCUT2D eigenvalue weighted by atomic mass is 10.0. The first-order valence-electron chi connectivity index (χ1n) is 13.8. The molecule has 15 heteroatoms. The number of nitrogen functional groups attached to an aromatic ring is 1. The van der Waals surface area contributed by atoms with Gasteiger partial charge in [0.05, 0.1) is 20.3 Å². The molecular weight excluding hydrogens is 567 g/mol. The molecule has 0 spiro atoms. The van der Waals surface area contributed by atoms with Crippen LogP contribution in [0, 0.1) is 5.92 Å². The van der Waals surface area contributed by atoms with E-state index in [0.29, 0.717) is 17.0 Å². The number of nitrogens with one attached hydrogen (secondary N) is 1. The lowest BCUT2D eigenvalue weighted by molar-refractivity contribution is -0.658. The number of benzene rings is 1. The molecule has 0 saturated carbocycles. The van der Waals surface area contributed by atoms with Crippen LogP contribution < -0.4 is 19.9 Å². The number of aliphatic hydroxyl groups is 2. The number of para-hydroxylation sites is 1. The Morgan fingerprint density at radius 3 is 2.57 bits per heavy atom. The number of esters is 1. The maximum atomic E-state index is 14.0. The molecule has 230 valence electrons. The van der Waals surface area contributed by atoms with Gasteiger partial charge in [-0.1, -0.05) is 49.9 Å². The van der Waals surface area contributed by atoms with Crippen LogP contribution in [0.4, 0.5) is 5.82 Å². The normalized spacial score (nSPS) is 22.4. The van der Waals surface area contributed by atoms with Crippen molar-refractivity contribution in [3.8, 4) is 5.75 Å². The van der Waals surface area contributed by atoms with E-state index < -0.39 is 50.4 Å². The second kappa shape index (κ2) is 13.0. The van der Waals surface area contributed by atoms with E-state index in [1.54, 1.807) is 41.9 Å². The van der Waals surface area contributed by atoms with Gasteiger partial charge in [0.1, 0.15) is 35.9 Å². The van der Waals surface area contributed by atoms with Crippen molar-refractivity contribution >= 4 is 30.7 Å². The van der Waals surface area contributed by atoms with Gasteiger partial charge in [-0.3, -0.25) is 13.9 Å². The monoisotopic (exact) mass is 607 g/mol. The maximum Gasteiger partial charge on any atom is 0.459 e. The van der Waals surface area contributed by atoms with E-state index in [0.717, 1.165) is 12.8 Å². The van der Waals surface area contributed by atoms with Gasteiger partial charge in [0, 0.05) is 0 Å². The number of ether oxygens (including phenoxy) is 2. The Labute approximate surface area is 244 Å². The summed E-state index contributed by atoms with van der Waals surface area (Å²) in [6.07, 6.45) is -0.434. The fourth-order valence-electron chi connectivity index (χ4n) is 4.48. The van der Waals surface area contributed by atoms with Crippen LogP contribution in [0.25, 0.3) is 11.2 Å². The topological polar surface area (TPSA) is 184 Å². The SMILES string of the molecule is CCC(CC)COC(=O)C(C)(C)NP(=O)(OC[C@H]1O[C@@H](n2cnc3c(N)[n+](C)cnc32)C(O)[C@H]1O)Oc1ccccc1. The number of anilines is 1. The van der Waals surface area contributed by atoms with Crippen molar-refractivity contribution in [1.82, 2.24) is 19.6 Å².